The zero-order valence-corrected chi connectivity index (χ0v) is 13.0. The molecule has 0 radical (unpaired) electrons. The summed E-state index contributed by atoms with van der Waals surface area (Å²) in [6.07, 6.45) is 1.16. The number of aldehydes is 1. The fourth-order valence-electron chi connectivity index (χ4n) is 1.96. The highest BCUT2D eigenvalue weighted by atomic mass is 16.6. The summed E-state index contributed by atoms with van der Waals surface area (Å²) in [6, 6.07) is 5.99. The summed E-state index contributed by atoms with van der Waals surface area (Å²) in [5.41, 5.74) is -0.0260. The third kappa shape index (κ3) is 5.10. The summed E-state index contributed by atoms with van der Waals surface area (Å²) < 4.78 is 5.42. The molecule has 0 saturated heterocycles. The van der Waals surface area contributed by atoms with Crippen molar-refractivity contribution in [3.63, 3.8) is 0 Å². The van der Waals surface area contributed by atoms with Crippen LogP contribution in [0.25, 0.3) is 0 Å². The van der Waals surface area contributed by atoms with Gasteiger partial charge in [0.25, 0.3) is 0 Å². The molecule has 1 atom stereocenters. The lowest BCUT2D eigenvalue weighted by Gasteiger charge is -2.32. The summed E-state index contributed by atoms with van der Waals surface area (Å²) in [5, 5.41) is 9.37. The maximum atomic E-state index is 12.4. The normalized spacial score (nSPS) is 12.6. The summed E-state index contributed by atoms with van der Waals surface area (Å²) in [5.74, 6) is 0.117. The minimum Gasteiger partial charge on any atom is -0.508 e. The van der Waals surface area contributed by atoms with Crippen LogP contribution in [0.1, 0.15) is 40.5 Å². The smallest absolute Gasteiger partial charge is 0.415 e. The van der Waals surface area contributed by atoms with Crippen LogP contribution in [0.4, 0.5) is 10.5 Å². The van der Waals surface area contributed by atoms with Crippen LogP contribution in [0.5, 0.6) is 5.75 Å². The minimum absolute atomic E-state index is 0.117. The second-order valence-corrected chi connectivity index (χ2v) is 5.83. The molecule has 116 valence electrons. The van der Waals surface area contributed by atoms with Gasteiger partial charge >= 0.3 is 6.09 Å². The summed E-state index contributed by atoms with van der Waals surface area (Å²) >= 11 is 0. The Kier molecular flexibility index (Phi) is 5.76. The first kappa shape index (κ1) is 17.0. The van der Waals surface area contributed by atoms with E-state index >= 15 is 0 Å². The average molecular weight is 293 g/mol. The molecule has 5 heteroatoms. The molecular formula is C16H23NO4. The number of nitrogens with zero attached hydrogens (tertiary/aromatic N) is 1. The highest BCUT2D eigenvalue weighted by molar-refractivity contribution is 5.89. The third-order valence-corrected chi connectivity index (χ3v) is 2.92. The van der Waals surface area contributed by atoms with E-state index in [9.17, 15) is 14.7 Å². The molecule has 5 nitrogen and oxygen atoms in total. The van der Waals surface area contributed by atoms with Crippen molar-refractivity contribution < 1.29 is 19.4 Å². The van der Waals surface area contributed by atoms with E-state index in [-0.39, 0.29) is 18.2 Å². The van der Waals surface area contributed by atoms with Gasteiger partial charge in [-0.1, -0.05) is 6.92 Å². The number of phenols is 1. The lowest BCUT2D eigenvalue weighted by atomic mass is 10.1. The molecule has 1 N–H and O–H groups in total. The number of ether oxygens (including phenoxy) is 1. The van der Waals surface area contributed by atoms with Crippen molar-refractivity contribution in [2.24, 2.45) is 0 Å². The van der Waals surface area contributed by atoms with Crippen LogP contribution in [0.2, 0.25) is 0 Å². The van der Waals surface area contributed by atoms with Crippen LogP contribution >= 0.6 is 0 Å². The molecule has 0 aromatic heterocycles. The number of rotatable bonds is 5. The average Bonchev–Trinajstić information content (AvgIpc) is 2.38. The minimum atomic E-state index is -0.619. The molecule has 1 aromatic rings. The Bertz CT molecular complexity index is 476. The van der Waals surface area contributed by atoms with Crippen molar-refractivity contribution in [2.45, 2.75) is 52.2 Å². The van der Waals surface area contributed by atoms with E-state index in [0.717, 1.165) is 6.29 Å². The van der Waals surface area contributed by atoms with Crippen molar-refractivity contribution in [1.82, 2.24) is 0 Å². The number of hydrogen-bond acceptors (Lipinski definition) is 4. The lowest BCUT2D eigenvalue weighted by Crippen LogP contribution is -2.43. The van der Waals surface area contributed by atoms with Gasteiger partial charge in [-0.25, -0.2) is 4.79 Å². The molecule has 0 aliphatic heterocycles. The van der Waals surface area contributed by atoms with Crippen LogP contribution in [-0.4, -0.2) is 29.1 Å². The first-order valence-electron chi connectivity index (χ1n) is 7.03. The molecule has 0 heterocycles. The van der Waals surface area contributed by atoms with Gasteiger partial charge < -0.3 is 14.6 Å². The summed E-state index contributed by atoms with van der Waals surface area (Å²) in [7, 11) is 0. The molecule has 0 spiro atoms. The van der Waals surface area contributed by atoms with Gasteiger partial charge in [0.1, 0.15) is 17.6 Å². The van der Waals surface area contributed by atoms with Gasteiger partial charge in [0.15, 0.2) is 0 Å². The Morgan fingerprint density at radius 1 is 1.33 bits per heavy atom. The van der Waals surface area contributed by atoms with E-state index in [1.807, 2.05) is 6.92 Å². The number of benzene rings is 1. The number of anilines is 1. The van der Waals surface area contributed by atoms with Crippen LogP contribution < -0.4 is 4.90 Å². The monoisotopic (exact) mass is 293 g/mol. The molecule has 1 aromatic carbocycles. The fourth-order valence-corrected chi connectivity index (χ4v) is 1.96. The van der Waals surface area contributed by atoms with Crippen LogP contribution in [0.15, 0.2) is 24.3 Å². The van der Waals surface area contributed by atoms with E-state index in [2.05, 4.69) is 0 Å². The van der Waals surface area contributed by atoms with Crippen molar-refractivity contribution in [3.05, 3.63) is 24.3 Å². The van der Waals surface area contributed by atoms with Crippen molar-refractivity contribution >= 4 is 18.1 Å². The predicted molar refractivity (Wildman–Crippen MR) is 81.6 cm³/mol. The number of hydrogen-bond donors (Lipinski definition) is 1. The van der Waals surface area contributed by atoms with E-state index < -0.39 is 11.7 Å². The quantitative estimate of drug-likeness (QED) is 0.844. The second-order valence-electron chi connectivity index (χ2n) is 5.83. The van der Waals surface area contributed by atoms with E-state index in [0.29, 0.717) is 12.1 Å². The van der Waals surface area contributed by atoms with Crippen LogP contribution in [0.3, 0.4) is 0 Å². The highest BCUT2D eigenvalue weighted by Crippen LogP contribution is 2.25. The fraction of sp³-hybridized carbons (Fsp3) is 0.500. The Hall–Kier alpha value is -2.04. The molecule has 1 amide bonds. The zero-order valence-electron chi connectivity index (χ0n) is 13.0. The highest BCUT2D eigenvalue weighted by Gasteiger charge is 2.28. The van der Waals surface area contributed by atoms with Gasteiger partial charge in [-0.2, -0.15) is 0 Å². The summed E-state index contributed by atoms with van der Waals surface area (Å²) in [4.78, 5) is 24.8. The first-order valence-corrected chi connectivity index (χ1v) is 7.03. The predicted octanol–water partition coefficient (Wildman–Crippen LogP) is 3.50. The van der Waals surface area contributed by atoms with Gasteiger partial charge in [0.05, 0.1) is 0 Å². The summed E-state index contributed by atoms with van der Waals surface area (Å²) in [6.45, 7) is 7.29. The molecule has 1 rings (SSSR count). The molecule has 21 heavy (non-hydrogen) atoms. The molecule has 0 saturated carbocycles. The molecule has 1 unspecified atom stereocenters. The molecular weight excluding hydrogens is 270 g/mol. The topological polar surface area (TPSA) is 66.8 Å². The number of phenolic OH excluding ortho intramolecular Hbond substituents is 1. The standard InChI is InChI=1S/C16H23NO4/c1-5-12(10-11-18)17(15(20)21-16(2,3)4)13-6-8-14(19)9-7-13/h6-9,11-12,19H,5,10H2,1-4H3. The first-order chi connectivity index (χ1) is 9.78. The lowest BCUT2D eigenvalue weighted by molar-refractivity contribution is -0.108. The molecule has 0 aliphatic carbocycles. The van der Waals surface area contributed by atoms with Crippen molar-refractivity contribution in [1.29, 1.82) is 0 Å². The van der Waals surface area contributed by atoms with Gasteiger partial charge in [0.2, 0.25) is 0 Å². The molecule has 0 fully saturated rings. The van der Waals surface area contributed by atoms with Crippen molar-refractivity contribution in [3.8, 4) is 5.75 Å². The van der Waals surface area contributed by atoms with E-state index in [4.69, 9.17) is 4.74 Å². The Balaban J connectivity index is 3.12. The Labute approximate surface area is 125 Å². The van der Waals surface area contributed by atoms with Crippen molar-refractivity contribution in [2.75, 3.05) is 4.90 Å². The third-order valence-electron chi connectivity index (χ3n) is 2.92. The second kappa shape index (κ2) is 7.11. The largest absolute Gasteiger partial charge is 0.508 e. The molecule has 0 bridgehead atoms. The Morgan fingerprint density at radius 3 is 2.33 bits per heavy atom. The van der Waals surface area contributed by atoms with Gasteiger partial charge in [0, 0.05) is 18.2 Å². The van der Waals surface area contributed by atoms with Gasteiger partial charge in [-0.15, -0.1) is 0 Å². The number of amides is 1. The van der Waals surface area contributed by atoms with Gasteiger partial charge in [-0.3, -0.25) is 4.90 Å². The number of aromatic hydroxyl groups is 1. The maximum Gasteiger partial charge on any atom is 0.415 e. The van der Waals surface area contributed by atoms with Crippen LogP contribution in [-0.2, 0) is 9.53 Å². The Morgan fingerprint density at radius 2 is 1.90 bits per heavy atom. The van der Waals surface area contributed by atoms with Crippen LogP contribution in [0, 0.1) is 0 Å². The van der Waals surface area contributed by atoms with E-state index in [1.54, 1.807) is 32.9 Å². The number of carbonyl (C=O) groups is 2. The molecule has 0 aliphatic rings. The van der Waals surface area contributed by atoms with E-state index in [1.165, 1.54) is 17.0 Å². The zero-order chi connectivity index (χ0) is 16.0. The van der Waals surface area contributed by atoms with Gasteiger partial charge in [-0.05, 0) is 51.5 Å². The number of carbonyl (C=O) groups excluding carboxylic acids is 2. The maximum absolute atomic E-state index is 12.4. The SMILES string of the molecule is CCC(CC=O)N(C(=O)OC(C)(C)C)c1ccc(O)cc1.